The first-order chi connectivity index (χ1) is 14.6. The van der Waals surface area contributed by atoms with E-state index in [1.807, 2.05) is 36.4 Å². The SMILES string of the molecule is O=C(Nc1cc(-c2ccc3c(c2)OCO3)ccc1C(=O)O)c1nc2ccccc2s1. The smallest absolute Gasteiger partial charge is 0.337 e. The molecule has 148 valence electrons. The summed E-state index contributed by atoms with van der Waals surface area (Å²) >= 11 is 1.25. The second-order valence-corrected chi connectivity index (χ2v) is 7.61. The Labute approximate surface area is 174 Å². The van der Waals surface area contributed by atoms with E-state index in [0.717, 1.165) is 21.3 Å². The van der Waals surface area contributed by atoms with Gasteiger partial charge in [0.05, 0.1) is 21.5 Å². The van der Waals surface area contributed by atoms with Gasteiger partial charge in [-0.3, -0.25) is 4.79 Å². The summed E-state index contributed by atoms with van der Waals surface area (Å²) in [7, 11) is 0. The summed E-state index contributed by atoms with van der Waals surface area (Å²) in [6.45, 7) is 0.167. The van der Waals surface area contributed by atoms with Crippen LogP contribution in [0.25, 0.3) is 21.3 Å². The number of fused-ring (bicyclic) bond motifs is 2. The summed E-state index contributed by atoms with van der Waals surface area (Å²) in [6.07, 6.45) is 0. The lowest BCUT2D eigenvalue weighted by atomic mass is 10.0. The van der Waals surface area contributed by atoms with Crippen LogP contribution in [-0.2, 0) is 0 Å². The van der Waals surface area contributed by atoms with E-state index in [2.05, 4.69) is 10.3 Å². The molecule has 0 aliphatic carbocycles. The van der Waals surface area contributed by atoms with Crippen LogP contribution in [0.4, 0.5) is 5.69 Å². The molecule has 4 aromatic rings. The fourth-order valence-electron chi connectivity index (χ4n) is 3.23. The quantitative estimate of drug-likeness (QED) is 0.501. The molecule has 8 heteroatoms. The number of hydrogen-bond acceptors (Lipinski definition) is 6. The van der Waals surface area contributed by atoms with Crippen LogP contribution >= 0.6 is 11.3 Å². The van der Waals surface area contributed by atoms with Crippen molar-refractivity contribution < 1.29 is 24.2 Å². The van der Waals surface area contributed by atoms with Crippen molar-refractivity contribution in [1.82, 2.24) is 4.98 Å². The van der Waals surface area contributed by atoms with Crippen molar-refractivity contribution in [3.8, 4) is 22.6 Å². The van der Waals surface area contributed by atoms with Crippen LogP contribution in [-0.4, -0.2) is 28.8 Å². The van der Waals surface area contributed by atoms with Gasteiger partial charge < -0.3 is 19.9 Å². The number of aromatic carboxylic acids is 1. The number of carbonyl (C=O) groups excluding carboxylic acids is 1. The van der Waals surface area contributed by atoms with E-state index in [0.29, 0.717) is 11.5 Å². The van der Waals surface area contributed by atoms with Gasteiger partial charge in [-0.15, -0.1) is 11.3 Å². The van der Waals surface area contributed by atoms with Crippen molar-refractivity contribution in [3.63, 3.8) is 0 Å². The van der Waals surface area contributed by atoms with Crippen LogP contribution in [0, 0.1) is 0 Å². The molecule has 0 atom stereocenters. The highest BCUT2D eigenvalue weighted by Gasteiger charge is 2.19. The van der Waals surface area contributed by atoms with Crippen LogP contribution in [0.15, 0.2) is 60.7 Å². The number of carboxylic acid groups (broad SMARTS) is 1. The van der Waals surface area contributed by atoms with Gasteiger partial charge in [0.25, 0.3) is 5.91 Å². The fourth-order valence-corrected chi connectivity index (χ4v) is 4.10. The zero-order valence-corrected chi connectivity index (χ0v) is 16.2. The highest BCUT2D eigenvalue weighted by Crippen LogP contribution is 2.37. The molecule has 2 heterocycles. The number of amides is 1. The number of carbonyl (C=O) groups is 2. The highest BCUT2D eigenvalue weighted by atomic mass is 32.1. The third kappa shape index (κ3) is 3.23. The molecule has 5 rings (SSSR count). The van der Waals surface area contributed by atoms with Gasteiger partial charge in [-0.2, -0.15) is 0 Å². The second kappa shape index (κ2) is 7.16. The molecular weight excluding hydrogens is 404 g/mol. The average Bonchev–Trinajstić information content (AvgIpc) is 3.39. The number of carboxylic acids is 1. The van der Waals surface area contributed by atoms with Gasteiger partial charge in [-0.05, 0) is 47.5 Å². The molecular formula is C22H14N2O5S. The number of nitrogens with zero attached hydrogens (tertiary/aromatic N) is 1. The van der Waals surface area contributed by atoms with Crippen molar-refractivity contribution in [2.75, 3.05) is 12.1 Å². The summed E-state index contributed by atoms with van der Waals surface area (Å²) in [5.74, 6) is -0.312. The summed E-state index contributed by atoms with van der Waals surface area (Å²) in [4.78, 5) is 28.8. The van der Waals surface area contributed by atoms with Crippen LogP contribution in [0.3, 0.4) is 0 Å². The van der Waals surface area contributed by atoms with Crippen molar-refractivity contribution in [2.24, 2.45) is 0 Å². The Hall–Kier alpha value is -3.91. The van der Waals surface area contributed by atoms with Crippen molar-refractivity contribution in [3.05, 3.63) is 71.2 Å². The molecule has 1 aliphatic rings. The fraction of sp³-hybridized carbons (Fsp3) is 0.0455. The lowest BCUT2D eigenvalue weighted by Gasteiger charge is -2.11. The molecule has 0 radical (unpaired) electrons. The van der Waals surface area contributed by atoms with Crippen LogP contribution in [0.5, 0.6) is 11.5 Å². The number of ether oxygens (including phenoxy) is 2. The molecule has 0 saturated carbocycles. The number of nitrogens with one attached hydrogen (secondary N) is 1. The molecule has 2 N–H and O–H groups in total. The minimum Gasteiger partial charge on any atom is -0.478 e. The Bertz CT molecular complexity index is 1280. The van der Waals surface area contributed by atoms with Crippen LogP contribution in [0.1, 0.15) is 20.2 Å². The Morgan fingerprint density at radius 1 is 0.967 bits per heavy atom. The van der Waals surface area contributed by atoms with Gasteiger partial charge in [0.1, 0.15) is 0 Å². The van der Waals surface area contributed by atoms with Gasteiger partial charge in [-0.25, -0.2) is 9.78 Å². The Morgan fingerprint density at radius 3 is 2.57 bits per heavy atom. The largest absolute Gasteiger partial charge is 0.478 e. The van der Waals surface area contributed by atoms with Crippen LogP contribution < -0.4 is 14.8 Å². The van der Waals surface area contributed by atoms with Crippen LogP contribution in [0.2, 0.25) is 0 Å². The molecule has 3 aromatic carbocycles. The molecule has 0 unspecified atom stereocenters. The first-order valence-electron chi connectivity index (χ1n) is 9.03. The van der Waals surface area contributed by atoms with Crippen molar-refractivity contribution in [1.29, 1.82) is 0 Å². The van der Waals surface area contributed by atoms with E-state index in [4.69, 9.17) is 9.47 Å². The molecule has 0 bridgehead atoms. The van der Waals surface area contributed by atoms with Gasteiger partial charge in [0.2, 0.25) is 6.79 Å². The lowest BCUT2D eigenvalue weighted by molar-refractivity contribution is 0.0698. The van der Waals surface area contributed by atoms with Gasteiger partial charge in [0.15, 0.2) is 16.5 Å². The predicted octanol–water partition coefficient (Wildman–Crippen LogP) is 4.64. The Balaban J connectivity index is 1.50. The summed E-state index contributed by atoms with van der Waals surface area (Å²) in [6, 6.07) is 17.7. The third-order valence-corrected chi connectivity index (χ3v) is 5.73. The number of aromatic nitrogens is 1. The zero-order valence-electron chi connectivity index (χ0n) is 15.4. The Morgan fingerprint density at radius 2 is 1.73 bits per heavy atom. The molecule has 1 amide bonds. The maximum Gasteiger partial charge on any atom is 0.337 e. The number of anilines is 1. The second-order valence-electron chi connectivity index (χ2n) is 6.57. The summed E-state index contributed by atoms with van der Waals surface area (Å²) in [5, 5.41) is 12.5. The predicted molar refractivity (Wildman–Crippen MR) is 113 cm³/mol. The number of thiazole rings is 1. The summed E-state index contributed by atoms with van der Waals surface area (Å²) < 4.78 is 11.6. The average molecular weight is 418 g/mol. The molecule has 0 spiro atoms. The lowest BCUT2D eigenvalue weighted by Crippen LogP contribution is -2.14. The minimum atomic E-state index is -1.13. The van der Waals surface area contributed by atoms with Crippen molar-refractivity contribution in [2.45, 2.75) is 0 Å². The first kappa shape index (κ1) is 18.1. The zero-order chi connectivity index (χ0) is 20.7. The molecule has 0 fully saturated rings. The highest BCUT2D eigenvalue weighted by molar-refractivity contribution is 7.20. The van der Waals surface area contributed by atoms with Gasteiger partial charge in [-0.1, -0.05) is 24.3 Å². The maximum absolute atomic E-state index is 12.8. The van der Waals surface area contributed by atoms with Gasteiger partial charge in [0, 0.05) is 0 Å². The molecule has 1 aromatic heterocycles. The normalized spacial score (nSPS) is 12.1. The minimum absolute atomic E-state index is 0.00560. The molecule has 0 saturated heterocycles. The van der Waals surface area contributed by atoms with Crippen molar-refractivity contribution >= 4 is 39.1 Å². The topological polar surface area (TPSA) is 97.8 Å². The Kier molecular flexibility index (Phi) is 4.33. The number of rotatable bonds is 4. The standard InChI is InChI=1S/C22H14N2O5S/c25-20(21-24-15-3-1-2-4-19(15)30-21)23-16-9-12(5-7-14(16)22(26)27)13-6-8-17-18(10-13)29-11-28-17/h1-10H,11H2,(H,23,25)(H,26,27). The van der Waals surface area contributed by atoms with E-state index in [1.54, 1.807) is 18.2 Å². The van der Waals surface area contributed by atoms with Gasteiger partial charge >= 0.3 is 5.97 Å². The number of benzene rings is 3. The summed E-state index contributed by atoms with van der Waals surface area (Å²) in [5.41, 5.74) is 2.46. The van der Waals surface area contributed by atoms with E-state index >= 15 is 0 Å². The van der Waals surface area contributed by atoms with E-state index < -0.39 is 11.9 Å². The number of hydrogen-bond donors (Lipinski definition) is 2. The van der Waals surface area contributed by atoms with E-state index in [9.17, 15) is 14.7 Å². The van der Waals surface area contributed by atoms with E-state index in [1.165, 1.54) is 17.4 Å². The molecule has 7 nitrogen and oxygen atoms in total. The maximum atomic E-state index is 12.8. The monoisotopic (exact) mass is 418 g/mol. The molecule has 1 aliphatic heterocycles. The number of para-hydroxylation sites is 1. The van der Waals surface area contributed by atoms with E-state index in [-0.39, 0.29) is 23.1 Å². The third-order valence-electron chi connectivity index (χ3n) is 4.69. The first-order valence-corrected chi connectivity index (χ1v) is 9.84. The molecule has 30 heavy (non-hydrogen) atoms.